The van der Waals surface area contributed by atoms with Gasteiger partial charge < -0.3 is 29.7 Å². The van der Waals surface area contributed by atoms with Crippen molar-refractivity contribution in [3.8, 4) is 0 Å². The minimum atomic E-state index is -2.25. The molecule has 0 unspecified atom stereocenters. The van der Waals surface area contributed by atoms with Crippen LogP contribution in [0, 0.1) is 11.8 Å². The highest BCUT2D eigenvalue weighted by molar-refractivity contribution is 6.03. The zero-order valence-corrected chi connectivity index (χ0v) is 35.2. The highest BCUT2D eigenvalue weighted by Crippen LogP contribution is 2.47. The summed E-state index contributed by atoms with van der Waals surface area (Å²) in [5.74, 6) is -0.922. The predicted molar refractivity (Wildman–Crippen MR) is 218 cm³/mol. The zero-order chi connectivity index (χ0) is 45.9. The minimum absolute atomic E-state index is 0.110. The van der Waals surface area contributed by atoms with E-state index in [1.165, 1.54) is 38.4 Å². The second kappa shape index (κ2) is 18.9. The van der Waals surface area contributed by atoms with Crippen LogP contribution in [0.25, 0.3) is 0 Å². The first-order chi connectivity index (χ1) is 29.1. The van der Waals surface area contributed by atoms with E-state index >= 15 is 4.39 Å². The summed E-state index contributed by atoms with van der Waals surface area (Å²) in [5.41, 5.74) is -8.44. The van der Waals surface area contributed by atoms with Crippen molar-refractivity contribution in [2.45, 2.75) is 121 Å². The Hall–Kier alpha value is -5.48. The topological polar surface area (TPSA) is 242 Å². The van der Waals surface area contributed by atoms with Crippen molar-refractivity contribution in [2.75, 3.05) is 11.9 Å². The van der Waals surface area contributed by atoms with Crippen LogP contribution in [0.4, 0.5) is 19.0 Å². The molecule has 62 heavy (non-hydrogen) atoms. The van der Waals surface area contributed by atoms with Crippen LogP contribution in [0.5, 0.6) is 0 Å². The maximum Gasteiger partial charge on any atom is 0.351 e. The van der Waals surface area contributed by atoms with Crippen molar-refractivity contribution in [1.82, 2.24) is 28.7 Å². The molecule has 0 bridgehead atoms. The molecule has 1 amide bonds. The van der Waals surface area contributed by atoms with Crippen LogP contribution in [0.2, 0.25) is 0 Å². The van der Waals surface area contributed by atoms with Gasteiger partial charge in [0.25, 0.3) is 17.0 Å². The smallest absolute Gasteiger partial charge is 0.351 e. The van der Waals surface area contributed by atoms with Crippen molar-refractivity contribution in [3.05, 3.63) is 125 Å². The van der Waals surface area contributed by atoms with Gasteiger partial charge in [0.2, 0.25) is 0 Å². The molecule has 4 aromatic rings. The number of anilines is 1. The van der Waals surface area contributed by atoms with Gasteiger partial charge in [-0.3, -0.25) is 38.1 Å². The molecule has 21 heteroatoms. The number of alkyl halides is 3. The molecule has 0 saturated carbocycles. The number of aromatic amines is 2. The molecule has 12 atom stereocenters. The van der Waals surface area contributed by atoms with Gasteiger partial charge in [-0.2, -0.15) is 4.98 Å². The summed E-state index contributed by atoms with van der Waals surface area (Å²) in [6, 6.07) is 12.3. The zero-order valence-electron chi connectivity index (χ0n) is 35.2. The van der Waals surface area contributed by atoms with E-state index in [-0.39, 0.29) is 35.8 Å². The first-order valence-electron chi connectivity index (χ1n) is 20.0. The van der Waals surface area contributed by atoms with E-state index < -0.39 is 82.7 Å². The lowest BCUT2D eigenvalue weighted by Crippen LogP contribution is -2.43. The number of H-pyrrole nitrogens is 2. The van der Waals surface area contributed by atoms with Gasteiger partial charge >= 0.3 is 17.1 Å². The molecule has 1 aromatic carbocycles. The fourth-order valence-corrected chi connectivity index (χ4v) is 7.61. The third kappa shape index (κ3) is 9.60. The number of hydrogen-bond donors (Lipinski definition) is 5. The van der Waals surface area contributed by atoms with Crippen LogP contribution in [-0.4, -0.2) is 92.8 Å². The fraction of sp³-hybridized carbons (Fsp3) is 0.537. The average molecular weight is 876 g/mol. The van der Waals surface area contributed by atoms with Crippen LogP contribution in [0.1, 0.15) is 90.3 Å². The standard InChI is InChI=1S/C19H22FN3O3.C12H17FN2O3.C10H13FN2O5/c1-4-14-12(2)19(3,20)17(26-14)23-11-10-15(22-18(23)25)21-16(24)13-8-6-5-7-9-13;1-4-8-7(2)12(3,13)10(18-8)15-6-5-9(16)14-11(15)17;1-10(11)7(16)5(4-14)18-8(10)13-3-2-6(15)12-9(13)17/h5-12,14,17H,4H2,1-3H3,(H,21,22,24,25);5-8,10H,4H2,1-3H3,(H,14,16,17);2-3,5,7-8,14,16H,4H2,1H3,(H,12,15,17)/t12-,14-,17-,19-;7-,8-,10-,12-;5-,7-,8-,10-/m111/s1. The van der Waals surface area contributed by atoms with Crippen molar-refractivity contribution in [3.63, 3.8) is 0 Å². The molecule has 0 aliphatic carbocycles. The van der Waals surface area contributed by atoms with Gasteiger partial charge in [0.15, 0.2) is 35.7 Å². The molecule has 3 aromatic heterocycles. The van der Waals surface area contributed by atoms with Crippen molar-refractivity contribution in [1.29, 1.82) is 0 Å². The summed E-state index contributed by atoms with van der Waals surface area (Å²) in [6.45, 7) is 10.7. The number of aliphatic hydroxyl groups is 2. The molecule has 5 N–H and O–H groups in total. The van der Waals surface area contributed by atoms with Gasteiger partial charge in [0.1, 0.15) is 18.0 Å². The van der Waals surface area contributed by atoms with Gasteiger partial charge in [-0.15, -0.1) is 0 Å². The first kappa shape index (κ1) is 47.6. The SMILES string of the molecule is CC[C@H]1O[C@@H](n2ccc(=O)[nH]c2=O)[C@](C)(F)[C@@H]1C.CC[C@H]1O[C@@H](n2ccc(NC(=O)c3ccccc3)nc2=O)[C@](C)(F)[C@@H]1C.C[C@@]1(F)[C@H](O)[C@@H](CO)O[C@H]1n1ccc(=O)[nH]c1=O. The quantitative estimate of drug-likeness (QED) is 0.172. The summed E-state index contributed by atoms with van der Waals surface area (Å²) in [4.78, 5) is 77.6. The molecule has 0 spiro atoms. The summed E-state index contributed by atoms with van der Waals surface area (Å²) in [6.07, 6.45) is -1.54. The molecule has 0 radical (unpaired) electrons. The van der Waals surface area contributed by atoms with Crippen LogP contribution in [0.3, 0.4) is 0 Å². The monoisotopic (exact) mass is 875 g/mol. The van der Waals surface area contributed by atoms with Gasteiger partial charge in [0.05, 0.1) is 18.8 Å². The molecule has 3 aliphatic heterocycles. The maximum absolute atomic E-state index is 15.1. The Morgan fingerprint density at radius 2 is 1.15 bits per heavy atom. The van der Waals surface area contributed by atoms with Gasteiger partial charge in [0, 0.05) is 48.1 Å². The van der Waals surface area contributed by atoms with E-state index in [0.29, 0.717) is 18.4 Å². The molecule has 18 nitrogen and oxygen atoms in total. The molecule has 3 aliphatic rings. The van der Waals surface area contributed by atoms with E-state index in [0.717, 1.165) is 32.9 Å². The van der Waals surface area contributed by atoms with Crippen LogP contribution in [-0.2, 0) is 14.2 Å². The molecule has 3 saturated heterocycles. The Kier molecular flexibility index (Phi) is 14.5. The van der Waals surface area contributed by atoms with E-state index in [9.17, 15) is 42.7 Å². The van der Waals surface area contributed by atoms with Crippen LogP contribution in [0.15, 0.2) is 91.1 Å². The largest absolute Gasteiger partial charge is 0.394 e. The molecular weight excluding hydrogens is 823 g/mol. The molecule has 3 fully saturated rings. The minimum Gasteiger partial charge on any atom is -0.394 e. The van der Waals surface area contributed by atoms with E-state index in [1.807, 2.05) is 18.8 Å². The number of carbonyl (C=O) groups is 1. The summed E-state index contributed by atoms with van der Waals surface area (Å²) in [5, 5.41) is 21.2. The Morgan fingerprint density at radius 1 is 0.710 bits per heavy atom. The Bertz CT molecular complexity index is 2390. The lowest BCUT2D eigenvalue weighted by Gasteiger charge is -2.25. The molecular formula is C41H52F3N7O11. The molecule has 7 rings (SSSR count). The lowest BCUT2D eigenvalue weighted by atomic mass is 9.88. The second-order valence-corrected chi connectivity index (χ2v) is 15.9. The highest BCUT2D eigenvalue weighted by atomic mass is 19.2. The Labute approximate surface area is 352 Å². The van der Waals surface area contributed by atoms with E-state index in [4.69, 9.17) is 19.3 Å². The number of benzene rings is 1. The number of carbonyl (C=O) groups excluding carboxylic acids is 1. The Morgan fingerprint density at radius 3 is 1.55 bits per heavy atom. The number of amides is 1. The summed E-state index contributed by atoms with van der Waals surface area (Å²) < 4.78 is 63.7. The number of ether oxygens (including phenoxy) is 3. The third-order valence-corrected chi connectivity index (χ3v) is 11.7. The average Bonchev–Trinajstić information content (AvgIpc) is 3.70. The number of hydrogen-bond acceptors (Lipinski definition) is 12. The molecule has 6 heterocycles. The predicted octanol–water partition coefficient (Wildman–Crippen LogP) is 2.89. The Balaban J connectivity index is 0.000000181. The van der Waals surface area contributed by atoms with Gasteiger partial charge in [-0.05, 0) is 51.8 Å². The van der Waals surface area contributed by atoms with Crippen molar-refractivity contribution < 1.29 is 42.4 Å². The van der Waals surface area contributed by atoms with Crippen molar-refractivity contribution in [2.24, 2.45) is 11.8 Å². The third-order valence-electron chi connectivity index (χ3n) is 11.7. The van der Waals surface area contributed by atoms with Gasteiger partial charge in [-0.1, -0.05) is 45.9 Å². The number of aromatic nitrogens is 6. The lowest BCUT2D eigenvalue weighted by molar-refractivity contribution is -0.0611. The highest BCUT2D eigenvalue weighted by Gasteiger charge is 2.56. The number of halogens is 3. The van der Waals surface area contributed by atoms with E-state index in [1.54, 1.807) is 44.2 Å². The number of nitrogens with zero attached hydrogens (tertiary/aromatic N) is 4. The number of rotatable bonds is 8. The summed E-state index contributed by atoms with van der Waals surface area (Å²) >= 11 is 0. The van der Waals surface area contributed by atoms with E-state index in [2.05, 4.69) is 15.3 Å². The first-order valence-corrected chi connectivity index (χ1v) is 20.0. The molecule has 338 valence electrons. The summed E-state index contributed by atoms with van der Waals surface area (Å²) in [7, 11) is 0. The number of aliphatic hydroxyl groups excluding tert-OH is 2. The maximum atomic E-state index is 15.1. The second-order valence-electron chi connectivity index (χ2n) is 15.9. The van der Waals surface area contributed by atoms with Crippen LogP contribution < -0.4 is 33.5 Å². The van der Waals surface area contributed by atoms with Gasteiger partial charge in [-0.25, -0.2) is 27.6 Å². The van der Waals surface area contributed by atoms with Crippen LogP contribution >= 0.6 is 0 Å². The number of nitrogens with one attached hydrogen (secondary N) is 3. The normalized spacial score (nSPS) is 32.6. The van der Waals surface area contributed by atoms with Crippen molar-refractivity contribution >= 4 is 11.7 Å². The fourth-order valence-electron chi connectivity index (χ4n) is 7.61.